The Morgan fingerprint density at radius 3 is 2.56 bits per heavy atom. The van der Waals surface area contributed by atoms with Gasteiger partial charge in [-0.2, -0.15) is 0 Å². The summed E-state index contributed by atoms with van der Waals surface area (Å²) in [7, 11) is 0. The zero-order valence-corrected chi connectivity index (χ0v) is 10.5. The van der Waals surface area contributed by atoms with Crippen molar-refractivity contribution in [1.29, 1.82) is 0 Å². The summed E-state index contributed by atoms with van der Waals surface area (Å²) in [6.45, 7) is 9.09. The molecule has 3 nitrogen and oxygen atoms in total. The molecule has 0 aliphatic rings. The molecule has 0 bridgehead atoms. The van der Waals surface area contributed by atoms with Crippen molar-refractivity contribution in [1.82, 2.24) is 10.3 Å². The molecule has 0 aromatic carbocycles. The van der Waals surface area contributed by atoms with E-state index in [0.29, 0.717) is 12.1 Å². The van der Waals surface area contributed by atoms with E-state index in [4.69, 9.17) is 0 Å². The summed E-state index contributed by atoms with van der Waals surface area (Å²) in [5, 5.41) is 2.90. The molecule has 0 aliphatic carbocycles. The third-order valence-electron chi connectivity index (χ3n) is 2.33. The zero-order chi connectivity index (χ0) is 12.2. The van der Waals surface area contributed by atoms with Gasteiger partial charge in [0.1, 0.15) is 0 Å². The summed E-state index contributed by atoms with van der Waals surface area (Å²) >= 11 is 0. The lowest BCUT2D eigenvalue weighted by atomic mass is 9.92. The highest BCUT2D eigenvalue weighted by atomic mass is 16.1. The lowest BCUT2D eigenvalue weighted by Gasteiger charge is -2.17. The largest absolute Gasteiger partial charge is 0.352 e. The molecular weight excluding hydrogens is 200 g/mol. The van der Waals surface area contributed by atoms with Crippen LogP contribution in [0, 0.1) is 12.3 Å². The van der Waals surface area contributed by atoms with Gasteiger partial charge in [-0.15, -0.1) is 0 Å². The van der Waals surface area contributed by atoms with Crippen LogP contribution in [0.25, 0.3) is 0 Å². The van der Waals surface area contributed by atoms with E-state index in [0.717, 1.165) is 12.1 Å². The molecule has 1 aromatic heterocycles. The van der Waals surface area contributed by atoms with Gasteiger partial charge >= 0.3 is 0 Å². The molecule has 1 rings (SSSR count). The van der Waals surface area contributed by atoms with Crippen LogP contribution in [0.1, 0.15) is 43.2 Å². The van der Waals surface area contributed by atoms with Crippen LogP contribution in [0.4, 0.5) is 0 Å². The van der Waals surface area contributed by atoms with Crippen molar-refractivity contribution < 1.29 is 4.79 Å². The van der Waals surface area contributed by atoms with Gasteiger partial charge in [-0.05, 0) is 30.9 Å². The molecule has 0 radical (unpaired) electrons. The molecule has 0 fully saturated rings. The normalized spacial score (nSPS) is 11.2. The topological polar surface area (TPSA) is 42.0 Å². The third kappa shape index (κ3) is 4.43. The van der Waals surface area contributed by atoms with Crippen LogP contribution >= 0.6 is 0 Å². The molecule has 1 amide bonds. The van der Waals surface area contributed by atoms with Crippen LogP contribution in [0.15, 0.2) is 18.3 Å². The van der Waals surface area contributed by atoms with Gasteiger partial charge in [0.15, 0.2) is 0 Å². The molecule has 1 heterocycles. The van der Waals surface area contributed by atoms with Gasteiger partial charge in [-0.25, -0.2) is 0 Å². The summed E-state index contributed by atoms with van der Waals surface area (Å²) in [6.07, 6.45) is 2.58. The predicted octanol–water partition coefficient (Wildman–Crippen LogP) is 2.56. The summed E-state index contributed by atoms with van der Waals surface area (Å²) < 4.78 is 0. The van der Waals surface area contributed by atoms with Crippen molar-refractivity contribution >= 4 is 5.91 Å². The Balaban J connectivity index is 2.44. The van der Waals surface area contributed by atoms with Crippen LogP contribution < -0.4 is 5.32 Å². The molecule has 3 heteroatoms. The Hall–Kier alpha value is -1.38. The van der Waals surface area contributed by atoms with Gasteiger partial charge in [0.25, 0.3) is 5.91 Å². The first-order chi connectivity index (χ1) is 7.38. The van der Waals surface area contributed by atoms with Crippen molar-refractivity contribution in [3.8, 4) is 0 Å². The molecule has 0 saturated heterocycles. The number of amides is 1. The SMILES string of the molecule is Cc1ccc(C(=O)NCCC(C)(C)C)cn1. The predicted molar refractivity (Wildman–Crippen MR) is 65.4 cm³/mol. The van der Waals surface area contributed by atoms with Crippen LogP contribution in [0.5, 0.6) is 0 Å². The van der Waals surface area contributed by atoms with E-state index in [2.05, 4.69) is 31.1 Å². The number of pyridine rings is 1. The Morgan fingerprint density at radius 2 is 2.06 bits per heavy atom. The minimum atomic E-state index is -0.0447. The van der Waals surface area contributed by atoms with E-state index < -0.39 is 0 Å². The number of rotatable bonds is 3. The van der Waals surface area contributed by atoms with E-state index >= 15 is 0 Å². The van der Waals surface area contributed by atoms with Crippen molar-refractivity contribution in [2.75, 3.05) is 6.54 Å². The highest BCUT2D eigenvalue weighted by Gasteiger charge is 2.11. The molecule has 0 saturated carbocycles. The minimum absolute atomic E-state index is 0.0447. The maximum absolute atomic E-state index is 11.7. The number of carbonyl (C=O) groups is 1. The minimum Gasteiger partial charge on any atom is -0.352 e. The number of nitrogens with zero attached hydrogens (tertiary/aromatic N) is 1. The molecule has 0 atom stereocenters. The highest BCUT2D eigenvalue weighted by molar-refractivity contribution is 5.93. The lowest BCUT2D eigenvalue weighted by molar-refractivity contribution is 0.0949. The van der Waals surface area contributed by atoms with E-state index in [-0.39, 0.29) is 11.3 Å². The Labute approximate surface area is 97.3 Å². The fourth-order valence-electron chi connectivity index (χ4n) is 1.26. The second-order valence-electron chi connectivity index (χ2n) is 5.25. The molecule has 88 valence electrons. The third-order valence-corrected chi connectivity index (χ3v) is 2.33. The first kappa shape index (κ1) is 12.7. The fourth-order valence-corrected chi connectivity index (χ4v) is 1.26. The van der Waals surface area contributed by atoms with Gasteiger partial charge in [-0.3, -0.25) is 9.78 Å². The van der Waals surface area contributed by atoms with Gasteiger partial charge in [0.05, 0.1) is 5.56 Å². The molecule has 0 aliphatic heterocycles. The second kappa shape index (κ2) is 5.10. The zero-order valence-electron chi connectivity index (χ0n) is 10.5. The van der Waals surface area contributed by atoms with Gasteiger partial charge < -0.3 is 5.32 Å². The van der Waals surface area contributed by atoms with Gasteiger partial charge in [0, 0.05) is 18.4 Å². The van der Waals surface area contributed by atoms with Crippen molar-refractivity contribution in [3.63, 3.8) is 0 Å². The fraction of sp³-hybridized carbons (Fsp3) is 0.538. The second-order valence-corrected chi connectivity index (χ2v) is 5.25. The van der Waals surface area contributed by atoms with Gasteiger partial charge in [0.2, 0.25) is 0 Å². The number of aryl methyl sites for hydroxylation is 1. The summed E-state index contributed by atoms with van der Waals surface area (Å²) in [5.41, 5.74) is 1.80. The lowest BCUT2D eigenvalue weighted by Crippen LogP contribution is -2.27. The number of aromatic nitrogens is 1. The molecular formula is C13H20N2O. The molecule has 16 heavy (non-hydrogen) atoms. The van der Waals surface area contributed by atoms with E-state index in [1.807, 2.05) is 13.0 Å². The number of hydrogen-bond acceptors (Lipinski definition) is 2. The average Bonchev–Trinajstić information content (AvgIpc) is 2.16. The summed E-state index contributed by atoms with van der Waals surface area (Å²) in [4.78, 5) is 15.8. The Kier molecular flexibility index (Phi) is 4.05. The first-order valence-electron chi connectivity index (χ1n) is 5.59. The first-order valence-corrected chi connectivity index (χ1v) is 5.59. The van der Waals surface area contributed by atoms with Crippen LogP contribution in [0.2, 0.25) is 0 Å². The molecule has 1 N–H and O–H groups in total. The summed E-state index contributed by atoms with van der Waals surface area (Å²) in [6, 6.07) is 3.65. The van der Waals surface area contributed by atoms with E-state index in [1.54, 1.807) is 12.3 Å². The monoisotopic (exact) mass is 220 g/mol. The van der Waals surface area contributed by atoms with Crippen molar-refractivity contribution in [2.24, 2.45) is 5.41 Å². The maximum Gasteiger partial charge on any atom is 0.252 e. The van der Waals surface area contributed by atoms with Crippen LogP contribution in [0.3, 0.4) is 0 Å². The molecule has 0 spiro atoms. The van der Waals surface area contributed by atoms with Crippen LogP contribution in [-0.2, 0) is 0 Å². The molecule has 0 unspecified atom stereocenters. The Morgan fingerprint density at radius 1 is 1.38 bits per heavy atom. The molecule has 1 aromatic rings. The number of nitrogens with one attached hydrogen (secondary N) is 1. The number of carbonyl (C=O) groups excluding carboxylic acids is 1. The average molecular weight is 220 g/mol. The smallest absolute Gasteiger partial charge is 0.252 e. The van der Waals surface area contributed by atoms with E-state index in [9.17, 15) is 4.79 Å². The standard InChI is InChI=1S/C13H20N2O/c1-10-5-6-11(9-15-10)12(16)14-8-7-13(2,3)4/h5-6,9H,7-8H2,1-4H3,(H,14,16). The van der Waals surface area contributed by atoms with Crippen LogP contribution in [-0.4, -0.2) is 17.4 Å². The highest BCUT2D eigenvalue weighted by Crippen LogP contribution is 2.16. The van der Waals surface area contributed by atoms with Crippen molar-refractivity contribution in [2.45, 2.75) is 34.1 Å². The number of hydrogen-bond donors (Lipinski definition) is 1. The maximum atomic E-state index is 11.7. The summed E-state index contributed by atoms with van der Waals surface area (Å²) in [5.74, 6) is -0.0447. The van der Waals surface area contributed by atoms with Crippen molar-refractivity contribution in [3.05, 3.63) is 29.6 Å². The quantitative estimate of drug-likeness (QED) is 0.850. The Bertz CT molecular complexity index is 349. The van der Waals surface area contributed by atoms with E-state index in [1.165, 1.54) is 0 Å². The van der Waals surface area contributed by atoms with Gasteiger partial charge in [-0.1, -0.05) is 20.8 Å².